The fraction of sp³-hybridized carbons (Fsp3) is 0.467. The fourth-order valence-corrected chi connectivity index (χ4v) is 5.78. The molecule has 2 atom stereocenters. The molecule has 9 nitrogen and oxygen atoms in total. The van der Waals surface area contributed by atoms with Crippen LogP contribution in [0.5, 0.6) is 0 Å². The van der Waals surface area contributed by atoms with Crippen LogP contribution in [0.1, 0.15) is 5.69 Å². The zero-order valence-corrected chi connectivity index (χ0v) is 18.4. The van der Waals surface area contributed by atoms with Crippen LogP contribution in [0.15, 0.2) is 21.8 Å². The zero-order chi connectivity index (χ0) is 19.6. The number of nitrogens with zero attached hydrogens (tertiary/aromatic N) is 3. The van der Waals surface area contributed by atoms with Gasteiger partial charge in [-0.2, -0.15) is 0 Å². The lowest BCUT2D eigenvalue weighted by atomic mass is 10.0. The Morgan fingerprint density at radius 1 is 1.56 bits per heavy atom. The molecule has 2 aliphatic rings. The maximum atomic E-state index is 12.7. The molecule has 0 bridgehead atoms. The highest BCUT2D eigenvalue weighted by atomic mass is 127. The lowest BCUT2D eigenvalue weighted by Crippen LogP contribution is -2.70. The number of amides is 1. The number of fused-ring (bicyclic) bond motifs is 1. The van der Waals surface area contributed by atoms with Gasteiger partial charge in [0.1, 0.15) is 35.6 Å². The molecular weight excluding hydrogens is 505 g/mol. The summed E-state index contributed by atoms with van der Waals surface area (Å²) in [6.07, 6.45) is 0. The lowest BCUT2D eigenvalue weighted by molar-refractivity contribution is -0.150. The van der Waals surface area contributed by atoms with E-state index in [9.17, 15) is 9.59 Å². The number of oxime groups is 1. The summed E-state index contributed by atoms with van der Waals surface area (Å²) in [6.45, 7) is 0.286. The van der Waals surface area contributed by atoms with Crippen molar-refractivity contribution in [2.45, 2.75) is 11.4 Å². The molecule has 1 aromatic heterocycles. The van der Waals surface area contributed by atoms with Crippen molar-refractivity contribution in [3.05, 3.63) is 22.3 Å². The monoisotopic (exact) mass is 523 g/mol. The van der Waals surface area contributed by atoms with Gasteiger partial charge in [0.2, 0.25) is 5.91 Å². The first-order valence-electron chi connectivity index (χ1n) is 7.87. The molecule has 3 rings (SSSR count). The summed E-state index contributed by atoms with van der Waals surface area (Å²) in [6, 6.07) is -0.427. The Hall–Kier alpha value is -1.38. The number of nitrogen functional groups attached to an aromatic ring is 1. The molecule has 0 saturated carbocycles. The number of hydrogen-bond donors (Lipinski definition) is 2. The Balaban J connectivity index is 1.72. The molecule has 0 unspecified atom stereocenters. The number of thiazole rings is 1. The highest BCUT2D eigenvalue weighted by Gasteiger charge is 2.53. The predicted octanol–water partition coefficient (Wildman–Crippen LogP) is 0.811. The smallest absolute Gasteiger partial charge is 0.354 e. The van der Waals surface area contributed by atoms with Crippen LogP contribution in [-0.4, -0.2) is 69.8 Å². The van der Waals surface area contributed by atoms with E-state index in [1.165, 1.54) is 30.5 Å². The number of thioether (sulfide) groups is 1. The number of nitrogens with one attached hydrogen (secondary N) is 1. The number of esters is 1. The lowest BCUT2D eigenvalue weighted by Gasteiger charge is -2.49. The van der Waals surface area contributed by atoms with Crippen molar-refractivity contribution in [3.63, 3.8) is 0 Å². The minimum Gasteiger partial charge on any atom is -0.464 e. The molecule has 0 aliphatic carbocycles. The third kappa shape index (κ3) is 3.93. The van der Waals surface area contributed by atoms with E-state index in [0.717, 1.165) is 5.57 Å². The number of β-lactam (4-membered cyclic amide) rings is 1. The van der Waals surface area contributed by atoms with Gasteiger partial charge in [-0.1, -0.05) is 27.7 Å². The van der Waals surface area contributed by atoms with Crippen molar-refractivity contribution in [3.8, 4) is 0 Å². The molecule has 3 N–H and O–H groups in total. The molecule has 1 fully saturated rings. The van der Waals surface area contributed by atoms with Gasteiger partial charge in [-0.05, 0) is 5.57 Å². The number of methoxy groups -OCH3 is 1. The van der Waals surface area contributed by atoms with Gasteiger partial charge in [-0.3, -0.25) is 15.0 Å². The van der Waals surface area contributed by atoms with E-state index in [1.54, 1.807) is 17.1 Å². The Morgan fingerprint density at radius 3 is 2.93 bits per heavy atom. The topological polar surface area (TPSA) is 119 Å². The number of nitrogens with two attached hydrogens (primary N) is 1. The third-order valence-electron chi connectivity index (χ3n) is 4.10. The number of carbonyl (C=O) groups is 2. The highest BCUT2D eigenvalue weighted by molar-refractivity contribution is 14.1. The molecule has 2 aliphatic heterocycles. The number of rotatable bonds is 7. The first-order valence-corrected chi connectivity index (χ1v) is 11.3. The van der Waals surface area contributed by atoms with Gasteiger partial charge in [0, 0.05) is 22.1 Å². The quantitative estimate of drug-likeness (QED) is 0.135. The van der Waals surface area contributed by atoms with Crippen LogP contribution in [-0.2, 0) is 19.2 Å². The Labute approximate surface area is 177 Å². The van der Waals surface area contributed by atoms with Gasteiger partial charge < -0.3 is 15.3 Å². The minimum atomic E-state index is -0.474. The van der Waals surface area contributed by atoms with Crippen LogP contribution < -0.4 is 11.1 Å². The molecule has 1 amide bonds. The Morgan fingerprint density at radius 2 is 2.33 bits per heavy atom. The van der Waals surface area contributed by atoms with Gasteiger partial charge in [-0.15, -0.1) is 23.1 Å². The minimum absolute atomic E-state index is 0.162. The fourth-order valence-electron chi connectivity index (χ4n) is 2.83. The number of alkyl halides is 1. The normalized spacial score (nSPS) is 22.4. The van der Waals surface area contributed by atoms with Crippen LogP contribution >= 0.6 is 45.7 Å². The summed E-state index contributed by atoms with van der Waals surface area (Å²) in [5, 5.41) is 9.22. The van der Waals surface area contributed by atoms with Gasteiger partial charge in [0.15, 0.2) is 5.13 Å². The van der Waals surface area contributed by atoms with E-state index < -0.39 is 12.0 Å². The molecule has 0 radical (unpaired) electrons. The predicted molar refractivity (Wildman–Crippen MR) is 113 cm³/mol. The first-order chi connectivity index (χ1) is 13.0. The van der Waals surface area contributed by atoms with Gasteiger partial charge in [0.25, 0.3) is 0 Å². The summed E-state index contributed by atoms with van der Waals surface area (Å²) < 4.78 is 5.54. The first kappa shape index (κ1) is 20.4. The van der Waals surface area contributed by atoms with Crippen LogP contribution in [0.2, 0.25) is 0 Å². The molecule has 0 spiro atoms. The zero-order valence-electron chi connectivity index (χ0n) is 14.6. The van der Waals surface area contributed by atoms with Crippen molar-refractivity contribution in [1.29, 1.82) is 0 Å². The number of halogens is 1. The SMILES string of the molecule is CO/N=C(\CN[C@@H]1C(=O)N2C(C(=O)OC)=C(CI)CS[C@H]12)c1csc(N)n1. The van der Waals surface area contributed by atoms with Crippen molar-refractivity contribution < 1.29 is 19.2 Å². The number of ether oxygens (including phenoxy) is 1. The second kappa shape index (κ2) is 8.75. The maximum Gasteiger partial charge on any atom is 0.354 e. The van der Waals surface area contributed by atoms with E-state index in [2.05, 4.69) is 38.0 Å². The highest BCUT2D eigenvalue weighted by Crippen LogP contribution is 2.41. The summed E-state index contributed by atoms with van der Waals surface area (Å²) >= 11 is 5.12. The number of carbonyl (C=O) groups excluding carboxylic acids is 2. The number of aromatic nitrogens is 1. The van der Waals surface area contributed by atoms with Crippen LogP contribution in [0, 0.1) is 0 Å². The summed E-state index contributed by atoms with van der Waals surface area (Å²) in [5.41, 5.74) is 8.12. The van der Waals surface area contributed by atoms with Crippen molar-refractivity contribution in [2.24, 2.45) is 5.16 Å². The van der Waals surface area contributed by atoms with Gasteiger partial charge in [0.05, 0.1) is 7.11 Å². The Kier molecular flexibility index (Phi) is 6.60. The van der Waals surface area contributed by atoms with Crippen LogP contribution in [0.3, 0.4) is 0 Å². The largest absolute Gasteiger partial charge is 0.464 e. The van der Waals surface area contributed by atoms with Crippen LogP contribution in [0.4, 0.5) is 5.13 Å². The molecule has 3 heterocycles. The molecular formula is C15H18IN5O4S2. The van der Waals surface area contributed by atoms with Crippen molar-refractivity contribution >= 4 is 68.4 Å². The number of hydrogen-bond acceptors (Lipinski definition) is 10. The maximum absolute atomic E-state index is 12.7. The second-order valence-electron chi connectivity index (χ2n) is 5.64. The van der Waals surface area contributed by atoms with Crippen molar-refractivity contribution in [2.75, 3.05) is 36.7 Å². The van der Waals surface area contributed by atoms with E-state index in [4.69, 9.17) is 15.3 Å². The molecule has 1 saturated heterocycles. The second-order valence-corrected chi connectivity index (χ2v) is 8.39. The standard InChI is InChI=1S/C15H18IN5O4S2/c1-24-14(23)11-7(3-16)5-26-13-10(12(22)21(11)13)18-4-8(20-25-2)9-6-27-15(17)19-9/h6,10,13,18H,3-5H2,1-2H3,(H2,17,19)/b20-8+/t10-,13-/m1/s1. The molecule has 146 valence electrons. The van der Waals surface area contributed by atoms with E-state index in [1.807, 2.05) is 0 Å². The molecule has 12 heteroatoms. The van der Waals surface area contributed by atoms with Crippen molar-refractivity contribution in [1.82, 2.24) is 15.2 Å². The average Bonchev–Trinajstić information content (AvgIpc) is 3.11. The Bertz CT molecular complexity index is 812. The number of anilines is 1. The van der Waals surface area contributed by atoms with Crippen LogP contribution in [0.25, 0.3) is 0 Å². The average molecular weight is 523 g/mol. The van der Waals surface area contributed by atoms with Gasteiger partial charge in [-0.25, -0.2) is 9.78 Å². The molecule has 27 heavy (non-hydrogen) atoms. The van der Waals surface area contributed by atoms with E-state index in [0.29, 0.717) is 32.4 Å². The molecule has 1 aromatic rings. The molecule has 0 aromatic carbocycles. The summed E-state index contributed by atoms with van der Waals surface area (Å²) in [7, 11) is 2.77. The van der Waals surface area contributed by atoms with E-state index >= 15 is 0 Å². The van der Waals surface area contributed by atoms with Gasteiger partial charge >= 0.3 is 5.97 Å². The third-order valence-corrected chi connectivity index (χ3v) is 7.03. The summed E-state index contributed by atoms with van der Waals surface area (Å²) in [5.74, 6) is 0.0459. The van der Waals surface area contributed by atoms with E-state index in [-0.39, 0.29) is 17.8 Å². The summed E-state index contributed by atoms with van der Waals surface area (Å²) in [4.78, 5) is 35.5.